The van der Waals surface area contributed by atoms with Crippen LogP contribution in [0.3, 0.4) is 0 Å². The van der Waals surface area contributed by atoms with E-state index in [1.807, 2.05) is 43.5 Å². The Kier molecular flexibility index (Phi) is 9.74. The Morgan fingerprint density at radius 3 is 2.70 bits per heavy atom. The topological polar surface area (TPSA) is 94.7 Å². The minimum absolute atomic E-state index is 0.0379. The summed E-state index contributed by atoms with van der Waals surface area (Å²) in [7, 11) is 0. The van der Waals surface area contributed by atoms with Crippen LogP contribution in [0.2, 0.25) is 0 Å². The molecule has 1 saturated heterocycles. The van der Waals surface area contributed by atoms with Crippen LogP contribution in [0.5, 0.6) is 0 Å². The summed E-state index contributed by atoms with van der Waals surface area (Å²) in [6, 6.07) is 17.2. The lowest BCUT2D eigenvalue weighted by molar-refractivity contribution is -0.143. The van der Waals surface area contributed by atoms with Crippen LogP contribution >= 0.6 is 0 Å². The number of aliphatic hydroxyl groups excluding tert-OH is 1. The molecule has 3 unspecified atom stereocenters. The molecular weight excluding hydrogens is 466 g/mol. The number of amides is 2. The molecule has 0 bridgehead atoms. The molecule has 2 amide bonds. The lowest BCUT2D eigenvalue weighted by Gasteiger charge is -2.28. The van der Waals surface area contributed by atoms with Gasteiger partial charge in [-0.3, -0.25) is 9.59 Å². The number of nitrogens with zero attached hydrogens (tertiary/aromatic N) is 1. The zero-order valence-electron chi connectivity index (χ0n) is 21.7. The van der Waals surface area contributed by atoms with Crippen molar-refractivity contribution in [1.82, 2.24) is 15.2 Å². The molecule has 1 aliphatic rings. The molecule has 1 aromatic heterocycles. The van der Waals surface area contributed by atoms with E-state index in [1.165, 1.54) is 5.56 Å². The van der Waals surface area contributed by atoms with Crippen molar-refractivity contribution in [2.45, 2.75) is 76.7 Å². The molecule has 2 aromatic carbocycles. The third-order valence-corrected chi connectivity index (χ3v) is 7.20. The zero-order valence-corrected chi connectivity index (χ0v) is 21.7. The van der Waals surface area contributed by atoms with E-state index in [-0.39, 0.29) is 11.8 Å². The summed E-state index contributed by atoms with van der Waals surface area (Å²) in [4.78, 5) is 31.3. The maximum Gasteiger partial charge on any atom is 0.243 e. The second-order valence-corrected chi connectivity index (χ2v) is 9.82. The van der Waals surface area contributed by atoms with Gasteiger partial charge in [-0.1, -0.05) is 55.0 Å². The van der Waals surface area contributed by atoms with E-state index in [9.17, 15) is 14.7 Å². The summed E-state index contributed by atoms with van der Waals surface area (Å²) >= 11 is 0. The number of aromatic amines is 1. The number of aliphatic hydroxyl groups is 1. The standard InChI is InChI=1S/C30H39N3O4/c1-2-37-30(36)26(20-23-21-31-25-16-10-9-15-24(23)25)32-29(35)27-17-11-19-33(27)28(34)18-8-4-7-14-22-12-5-3-6-13-22/h3,5-6,9-10,12-13,15-16,21,26-27,30-31,36H,2,4,7-8,11,14,17-20H2,1H3,(H,32,35). The summed E-state index contributed by atoms with van der Waals surface area (Å²) < 4.78 is 5.46. The van der Waals surface area contributed by atoms with Crippen LogP contribution in [-0.2, 0) is 27.2 Å². The average Bonchev–Trinajstić information content (AvgIpc) is 3.57. The van der Waals surface area contributed by atoms with Crippen LogP contribution in [-0.4, -0.2) is 58.3 Å². The van der Waals surface area contributed by atoms with Gasteiger partial charge in [0.25, 0.3) is 0 Å². The van der Waals surface area contributed by atoms with E-state index < -0.39 is 18.4 Å². The van der Waals surface area contributed by atoms with Crippen molar-refractivity contribution in [2.24, 2.45) is 0 Å². The molecule has 2 heterocycles. The highest BCUT2D eigenvalue weighted by Crippen LogP contribution is 2.23. The lowest BCUT2D eigenvalue weighted by Crippen LogP contribution is -2.53. The van der Waals surface area contributed by atoms with Crippen molar-refractivity contribution in [3.05, 3.63) is 71.9 Å². The smallest absolute Gasteiger partial charge is 0.243 e. The van der Waals surface area contributed by atoms with E-state index in [0.29, 0.717) is 32.4 Å². The summed E-state index contributed by atoms with van der Waals surface area (Å²) in [5.74, 6) is -0.186. The fourth-order valence-electron chi connectivity index (χ4n) is 5.23. The van der Waals surface area contributed by atoms with Crippen molar-refractivity contribution in [3.8, 4) is 0 Å². The van der Waals surface area contributed by atoms with Crippen molar-refractivity contribution < 1.29 is 19.4 Å². The van der Waals surface area contributed by atoms with Crippen LogP contribution in [0, 0.1) is 0 Å². The Hall–Kier alpha value is -3.16. The number of aromatic nitrogens is 1. The van der Waals surface area contributed by atoms with Crippen molar-refractivity contribution in [1.29, 1.82) is 0 Å². The van der Waals surface area contributed by atoms with Crippen molar-refractivity contribution in [3.63, 3.8) is 0 Å². The van der Waals surface area contributed by atoms with E-state index in [2.05, 4.69) is 34.6 Å². The van der Waals surface area contributed by atoms with E-state index in [0.717, 1.165) is 48.6 Å². The number of likely N-dealkylation sites (tertiary alicyclic amines) is 1. The summed E-state index contributed by atoms with van der Waals surface area (Å²) in [6.45, 7) is 2.74. The van der Waals surface area contributed by atoms with Gasteiger partial charge in [0.05, 0.1) is 6.04 Å². The second kappa shape index (κ2) is 13.4. The predicted molar refractivity (Wildman–Crippen MR) is 145 cm³/mol. The highest BCUT2D eigenvalue weighted by Gasteiger charge is 2.35. The molecule has 0 aliphatic carbocycles. The lowest BCUT2D eigenvalue weighted by atomic mass is 10.0. The maximum absolute atomic E-state index is 13.3. The van der Waals surface area contributed by atoms with E-state index in [4.69, 9.17) is 4.74 Å². The minimum atomic E-state index is -1.14. The van der Waals surface area contributed by atoms with Gasteiger partial charge in [-0.2, -0.15) is 0 Å². The minimum Gasteiger partial charge on any atom is -0.366 e. The van der Waals surface area contributed by atoms with Gasteiger partial charge in [-0.15, -0.1) is 0 Å². The number of hydrogen-bond acceptors (Lipinski definition) is 4. The number of hydrogen-bond donors (Lipinski definition) is 3. The first-order chi connectivity index (χ1) is 18.1. The summed E-state index contributed by atoms with van der Waals surface area (Å²) in [5, 5.41) is 14.7. The van der Waals surface area contributed by atoms with Crippen LogP contribution in [0.25, 0.3) is 10.9 Å². The van der Waals surface area contributed by atoms with E-state index >= 15 is 0 Å². The Balaban J connectivity index is 1.31. The number of para-hydroxylation sites is 1. The van der Waals surface area contributed by atoms with Crippen LogP contribution in [0.1, 0.15) is 56.6 Å². The Morgan fingerprint density at radius 2 is 1.89 bits per heavy atom. The predicted octanol–water partition coefficient (Wildman–Crippen LogP) is 4.34. The first kappa shape index (κ1) is 26.9. The highest BCUT2D eigenvalue weighted by atomic mass is 16.6. The van der Waals surface area contributed by atoms with Gasteiger partial charge in [0.15, 0.2) is 6.29 Å². The maximum atomic E-state index is 13.3. The molecule has 0 radical (unpaired) electrons. The second-order valence-electron chi connectivity index (χ2n) is 9.82. The number of ether oxygens (including phenoxy) is 1. The van der Waals surface area contributed by atoms with Crippen molar-refractivity contribution in [2.75, 3.05) is 13.2 Å². The Bertz CT molecular complexity index is 1150. The number of rotatable bonds is 13. The molecule has 4 rings (SSSR count). The van der Waals surface area contributed by atoms with Crippen molar-refractivity contribution >= 4 is 22.7 Å². The molecule has 7 heteroatoms. The molecule has 1 fully saturated rings. The molecule has 0 saturated carbocycles. The Labute approximate surface area is 219 Å². The molecule has 3 atom stereocenters. The van der Waals surface area contributed by atoms with Gasteiger partial charge in [0.2, 0.25) is 11.8 Å². The van der Waals surface area contributed by atoms with Crippen LogP contribution in [0.15, 0.2) is 60.8 Å². The quantitative estimate of drug-likeness (QED) is 0.238. The number of nitrogens with one attached hydrogen (secondary N) is 2. The number of unbranched alkanes of at least 4 members (excludes halogenated alkanes) is 2. The summed E-state index contributed by atoms with van der Waals surface area (Å²) in [6.07, 6.45) is 6.95. The Morgan fingerprint density at radius 1 is 1.11 bits per heavy atom. The third-order valence-electron chi connectivity index (χ3n) is 7.20. The fraction of sp³-hybridized carbons (Fsp3) is 0.467. The molecule has 1 aliphatic heterocycles. The summed E-state index contributed by atoms with van der Waals surface area (Å²) in [5.41, 5.74) is 3.32. The first-order valence-corrected chi connectivity index (χ1v) is 13.5. The van der Waals surface area contributed by atoms with Gasteiger partial charge in [0, 0.05) is 36.7 Å². The molecule has 198 valence electrons. The number of H-pyrrole nitrogens is 1. The van der Waals surface area contributed by atoms with Gasteiger partial charge < -0.3 is 25.0 Å². The number of aryl methyl sites for hydroxylation is 1. The van der Waals surface area contributed by atoms with Crippen LogP contribution < -0.4 is 5.32 Å². The highest BCUT2D eigenvalue weighted by molar-refractivity contribution is 5.88. The van der Waals surface area contributed by atoms with Gasteiger partial charge in [-0.05, 0) is 62.6 Å². The van der Waals surface area contributed by atoms with Gasteiger partial charge in [-0.25, -0.2) is 0 Å². The fourth-order valence-corrected chi connectivity index (χ4v) is 5.23. The number of benzene rings is 2. The molecular formula is C30H39N3O4. The number of fused-ring (bicyclic) bond motifs is 1. The molecule has 37 heavy (non-hydrogen) atoms. The number of carbonyl (C=O) groups is 2. The average molecular weight is 506 g/mol. The SMILES string of the molecule is CCOC(O)C(Cc1c[nH]c2ccccc12)NC(=O)C1CCCN1C(=O)CCCCCc1ccccc1. The normalized spacial score (nSPS) is 17.1. The van der Waals surface area contributed by atoms with E-state index in [1.54, 1.807) is 4.90 Å². The third kappa shape index (κ3) is 7.21. The molecule has 3 N–H and O–H groups in total. The molecule has 3 aromatic rings. The molecule has 7 nitrogen and oxygen atoms in total. The first-order valence-electron chi connectivity index (χ1n) is 13.5. The van der Waals surface area contributed by atoms with Crippen LogP contribution in [0.4, 0.5) is 0 Å². The zero-order chi connectivity index (χ0) is 26.0. The largest absolute Gasteiger partial charge is 0.366 e. The van der Waals surface area contributed by atoms with Gasteiger partial charge >= 0.3 is 0 Å². The monoisotopic (exact) mass is 505 g/mol. The van der Waals surface area contributed by atoms with Gasteiger partial charge in [0.1, 0.15) is 6.04 Å². The molecule has 0 spiro atoms. The number of carbonyl (C=O) groups excluding carboxylic acids is 2.